The van der Waals surface area contributed by atoms with Crippen molar-refractivity contribution in [3.63, 3.8) is 0 Å². The molecular formula is C16H14N4O4S. The Bertz CT molecular complexity index is 982. The van der Waals surface area contributed by atoms with Crippen LogP contribution in [0.15, 0.2) is 70.1 Å². The lowest BCUT2D eigenvalue weighted by Crippen LogP contribution is -2.19. The molecule has 0 saturated carbocycles. The van der Waals surface area contributed by atoms with E-state index in [1.54, 1.807) is 6.07 Å². The van der Waals surface area contributed by atoms with Crippen LogP contribution in [0.25, 0.3) is 11.3 Å². The highest BCUT2D eigenvalue weighted by Crippen LogP contribution is 2.22. The average Bonchev–Trinajstić information content (AvgIpc) is 3.03. The van der Waals surface area contributed by atoms with Crippen LogP contribution in [0.4, 0.5) is 16.3 Å². The first-order valence-corrected chi connectivity index (χ1v) is 8.69. The molecule has 1 aromatic heterocycles. The van der Waals surface area contributed by atoms with Gasteiger partial charge in [0.05, 0.1) is 4.90 Å². The molecule has 0 aliphatic heterocycles. The molecule has 8 nitrogen and oxygen atoms in total. The van der Waals surface area contributed by atoms with Gasteiger partial charge in [-0.15, -0.1) is 0 Å². The predicted molar refractivity (Wildman–Crippen MR) is 92.4 cm³/mol. The van der Waals surface area contributed by atoms with Gasteiger partial charge in [-0.3, -0.25) is 5.32 Å². The summed E-state index contributed by atoms with van der Waals surface area (Å²) >= 11 is 0. The van der Waals surface area contributed by atoms with Crippen LogP contribution < -0.4 is 15.8 Å². The van der Waals surface area contributed by atoms with Gasteiger partial charge in [0, 0.05) is 17.3 Å². The molecule has 0 aliphatic carbocycles. The van der Waals surface area contributed by atoms with Gasteiger partial charge < -0.3 is 9.84 Å². The van der Waals surface area contributed by atoms with E-state index in [-0.39, 0.29) is 10.7 Å². The molecule has 0 atom stereocenters. The van der Waals surface area contributed by atoms with Crippen molar-refractivity contribution in [2.75, 3.05) is 10.6 Å². The zero-order chi connectivity index (χ0) is 17.9. The average molecular weight is 358 g/mol. The quantitative estimate of drug-likeness (QED) is 0.660. The van der Waals surface area contributed by atoms with Gasteiger partial charge in [-0.25, -0.2) is 18.4 Å². The molecule has 4 N–H and O–H groups in total. The standard InChI is InChI=1S/C16H14N4O4S/c17-25(22,23)13-8-6-12(7-9-13)18-16(21)19-15-10-14(24-20-15)11-4-2-1-3-5-11/h1-10H,(H2,17,22,23)(H2,18,19,20,21). The molecule has 0 aliphatic rings. The third-order valence-electron chi connectivity index (χ3n) is 3.25. The Morgan fingerprint density at radius 2 is 1.68 bits per heavy atom. The minimum absolute atomic E-state index is 0.0394. The smallest absolute Gasteiger partial charge is 0.324 e. The summed E-state index contributed by atoms with van der Waals surface area (Å²) in [4.78, 5) is 11.9. The number of anilines is 2. The lowest BCUT2D eigenvalue weighted by molar-refractivity contribution is 0.262. The van der Waals surface area contributed by atoms with E-state index in [0.29, 0.717) is 11.4 Å². The van der Waals surface area contributed by atoms with Gasteiger partial charge in [-0.05, 0) is 24.3 Å². The van der Waals surface area contributed by atoms with Crippen LogP contribution in [0.5, 0.6) is 0 Å². The van der Waals surface area contributed by atoms with Gasteiger partial charge in [0.2, 0.25) is 10.0 Å². The topological polar surface area (TPSA) is 127 Å². The highest BCUT2D eigenvalue weighted by Gasteiger charge is 2.11. The minimum atomic E-state index is -3.77. The summed E-state index contributed by atoms with van der Waals surface area (Å²) in [5, 5.41) is 13.9. The van der Waals surface area contributed by atoms with Crippen molar-refractivity contribution in [2.45, 2.75) is 4.90 Å². The van der Waals surface area contributed by atoms with Crippen molar-refractivity contribution in [2.24, 2.45) is 5.14 Å². The summed E-state index contributed by atoms with van der Waals surface area (Å²) in [6, 6.07) is 15.8. The largest absolute Gasteiger partial charge is 0.354 e. The summed E-state index contributed by atoms with van der Waals surface area (Å²) in [7, 11) is -3.77. The SMILES string of the molecule is NS(=O)(=O)c1ccc(NC(=O)Nc2cc(-c3ccccc3)on2)cc1. The molecule has 0 bridgehead atoms. The Morgan fingerprint density at radius 1 is 1.00 bits per heavy atom. The maximum absolute atomic E-state index is 12.0. The predicted octanol–water partition coefficient (Wildman–Crippen LogP) is 2.63. The van der Waals surface area contributed by atoms with E-state index < -0.39 is 16.1 Å². The Kier molecular flexibility index (Phi) is 4.50. The molecule has 0 radical (unpaired) electrons. The third-order valence-corrected chi connectivity index (χ3v) is 4.18. The van der Waals surface area contributed by atoms with Crippen LogP contribution in [0.1, 0.15) is 0 Å². The number of amides is 2. The Labute approximate surface area is 143 Å². The van der Waals surface area contributed by atoms with Crippen molar-refractivity contribution < 1.29 is 17.7 Å². The van der Waals surface area contributed by atoms with Crippen molar-refractivity contribution in [3.8, 4) is 11.3 Å². The number of carbonyl (C=O) groups is 1. The Morgan fingerprint density at radius 3 is 2.32 bits per heavy atom. The van der Waals surface area contributed by atoms with Gasteiger partial charge in [-0.1, -0.05) is 35.5 Å². The van der Waals surface area contributed by atoms with Crippen LogP contribution in [-0.2, 0) is 10.0 Å². The van der Waals surface area contributed by atoms with Gasteiger partial charge in [0.15, 0.2) is 11.6 Å². The molecule has 3 rings (SSSR count). The van der Waals surface area contributed by atoms with Crippen LogP contribution in [0, 0.1) is 0 Å². The zero-order valence-electron chi connectivity index (χ0n) is 12.8. The molecule has 0 saturated heterocycles. The van der Waals surface area contributed by atoms with E-state index in [2.05, 4.69) is 15.8 Å². The van der Waals surface area contributed by atoms with Crippen LogP contribution in [0.3, 0.4) is 0 Å². The number of hydrogen-bond acceptors (Lipinski definition) is 5. The van der Waals surface area contributed by atoms with Gasteiger partial charge >= 0.3 is 6.03 Å². The van der Waals surface area contributed by atoms with E-state index in [4.69, 9.17) is 9.66 Å². The van der Waals surface area contributed by atoms with E-state index in [0.717, 1.165) is 5.56 Å². The van der Waals surface area contributed by atoms with Gasteiger partial charge in [-0.2, -0.15) is 0 Å². The normalized spacial score (nSPS) is 11.1. The number of nitrogens with zero attached hydrogens (tertiary/aromatic N) is 1. The molecule has 2 aromatic carbocycles. The lowest BCUT2D eigenvalue weighted by atomic mass is 10.2. The summed E-state index contributed by atoms with van der Waals surface area (Å²) in [5.74, 6) is 0.769. The second kappa shape index (κ2) is 6.75. The van der Waals surface area contributed by atoms with E-state index in [1.807, 2.05) is 30.3 Å². The molecule has 1 heterocycles. The van der Waals surface area contributed by atoms with Gasteiger partial charge in [0.25, 0.3) is 0 Å². The van der Waals surface area contributed by atoms with Crippen molar-refractivity contribution in [1.29, 1.82) is 0 Å². The second-order valence-corrected chi connectivity index (χ2v) is 6.65. The minimum Gasteiger partial charge on any atom is -0.354 e. The number of nitrogens with two attached hydrogens (primary N) is 1. The molecular weight excluding hydrogens is 344 g/mol. The molecule has 2 amide bonds. The van der Waals surface area contributed by atoms with Crippen LogP contribution in [-0.4, -0.2) is 19.6 Å². The van der Waals surface area contributed by atoms with Crippen molar-refractivity contribution >= 4 is 27.6 Å². The Balaban J connectivity index is 1.64. The van der Waals surface area contributed by atoms with Crippen LogP contribution >= 0.6 is 0 Å². The van der Waals surface area contributed by atoms with Crippen LogP contribution in [0.2, 0.25) is 0 Å². The van der Waals surface area contributed by atoms with Gasteiger partial charge in [0.1, 0.15) is 0 Å². The first kappa shape index (κ1) is 16.7. The summed E-state index contributed by atoms with van der Waals surface area (Å²) in [5.41, 5.74) is 1.23. The van der Waals surface area contributed by atoms with E-state index in [1.165, 1.54) is 24.3 Å². The summed E-state index contributed by atoms with van der Waals surface area (Å²) < 4.78 is 27.6. The fraction of sp³-hybridized carbons (Fsp3) is 0. The summed E-state index contributed by atoms with van der Waals surface area (Å²) in [6.45, 7) is 0. The molecule has 0 fully saturated rings. The number of nitrogens with one attached hydrogen (secondary N) is 2. The molecule has 25 heavy (non-hydrogen) atoms. The maximum Gasteiger partial charge on any atom is 0.324 e. The number of sulfonamides is 1. The second-order valence-electron chi connectivity index (χ2n) is 5.09. The number of rotatable bonds is 4. The fourth-order valence-electron chi connectivity index (χ4n) is 2.08. The number of urea groups is 1. The third kappa shape index (κ3) is 4.22. The molecule has 3 aromatic rings. The molecule has 128 valence electrons. The number of benzene rings is 2. The van der Waals surface area contributed by atoms with E-state index >= 15 is 0 Å². The highest BCUT2D eigenvalue weighted by molar-refractivity contribution is 7.89. The van der Waals surface area contributed by atoms with Crippen molar-refractivity contribution in [3.05, 3.63) is 60.7 Å². The number of primary sulfonamides is 1. The number of carbonyl (C=O) groups excluding carboxylic acids is 1. The molecule has 0 spiro atoms. The molecule has 9 heteroatoms. The van der Waals surface area contributed by atoms with Crippen molar-refractivity contribution in [1.82, 2.24) is 5.16 Å². The highest BCUT2D eigenvalue weighted by atomic mass is 32.2. The Hall–Kier alpha value is -3.17. The first-order valence-electron chi connectivity index (χ1n) is 7.15. The lowest BCUT2D eigenvalue weighted by Gasteiger charge is -2.05. The number of hydrogen-bond donors (Lipinski definition) is 3. The summed E-state index contributed by atoms with van der Waals surface area (Å²) in [6.07, 6.45) is 0. The monoisotopic (exact) mass is 358 g/mol. The molecule has 0 unspecified atom stereocenters. The fourth-order valence-corrected chi connectivity index (χ4v) is 2.59. The zero-order valence-corrected chi connectivity index (χ0v) is 13.7. The number of aromatic nitrogens is 1. The maximum atomic E-state index is 12.0. The first-order chi connectivity index (χ1) is 11.9. The van der Waals surface area contributed by atoms with E-state index in [9.17, 15) is 13.2 Å².